The van der Waals surface area contributed by atoms with Crippen molar-refractivity contribution in [3.63, 3.8) is 0 Å². The summed E-state index contributed by atoms with van der Waals surface area (Å²) in [6.07, 6.45) is 0.174. The van der Waals surface area contributed by atoms with E-state index in [-0.39, 0.29) is 76.0 Å². The molecule has 0 aliphatic carbocycles. The van der Waals surface area contributed by atoms with Crippen molar-refractivity contribution in [2.24, 2.45) is 39.4 Å². The molecule has 0 fully saturated rings. The Kier molecular flexibility index (Phi) is 32.9. The van der Waals surface area contributed by atoms with E-state index >= 15 is 0 Å². The largest absolute Gasteiger partial charge is 0.394 e. The molecule has 1 aromatic rings. The Hall–Kier alpha value is -8.14. The Labute approximate surface area is 461 Å². The summed E-state index contributed by atoms with van der Waals surface area (Å²) >= 11 is 0. The third-order valence-electron chi connectivity index (χ3n) is 11.5. The summed E-state index contributed by atoms with van der Waals surface area (Å²) in [6, 6.07) is -9.36. The number of amides is 12. The van der Waals surface area contributed by atoms with Crippen LogP contribution in [0.1, 0.15) is 95.3 Å². The lowest BCUT2D eigenvalue weighted by atomic mass is 10.0. The molecule has 0 saturated carbocycles. The van der Waals surface area contributed by atoms with E-state index in [4.69, 9.17) is 34.4 Å². The predicted octanol–water partition coefficient (Wildman–Crippen LogP) is -9.36. The summed E-state index contributed by atoms with van der Waals surface area (Å²) in [5, 5.41) is 54.7. The molecule has 1 aromatic heterocycles. The van der Waals surface area contributed by atoms with Gasteiger partial charge in [-0.1, -0.05) is 6.42 Å². The number of aliphatic imine (C=N–C) groups is 1. The highest BCUT2D eigenvalue weighted by Gasteiger charge is 2.35. The summed E-state index contributed by atoms with van der Waals surface area (Å²) in [5.41, 5.74) is 32.9. The van der Waals surface area contributed by atoms with Gasteiger partial charge >= 0.3 is 0 Å². The number of guanidine groups is 1. The first-order valence-electron chi connectivity index (χ1n) is 25.6. The van der Waals surface area contributed by atoms with Crippen molar-refractivity contribution in [1.82, 2.24) is 58.2 Å². The van der Waals surface area contributed by atoms with E-state index in [0.717, 1.165) is 13.8 Å². The topological polar surface area (TPSA) is 567 Å². The normalized spacial score (nSPS) is 14.6. The number of rotatable bonds is 39. The van der Waals surface area contributed by atoms with Crippen LogP contribution in [-0.4, -0.2) is 197 Å². The van der Waals surface area contributed by atoms with E-state index in [1.165, 1.54) is 25.4 Å². The summed E-state index contributed by atoms with van der Waals surface area (Å²) < 4.78 is 0. The number of hydrogen-bond donors (Lipinski definition) is 19. The molecule has 0 bridgehead atoms. The standard InChI is InChI=1S/C47H80N18O15/c1-24(59-46(80)37(26(3)68)65-43(77)31(14-15-33(50)69)61-40(74)28(49)11-4-6-16-48)38(72)60-30(13-9-19-56-47(52)53)41(75)62-29(12-5-7-18-55-39(73)27-10-8-17-54-20-27)42(76)63-32(23-66)44(78)64-36(25(2)67)45(79)58-22-35(71)57-21-34(51)70/h8,10,17,20,24-26,28-32,36-37,66-68H,4-7,9,11-16,18-19,21-23,48-49H2,1-3H3,(H2,50,69)(H2,51,70)(H,55,73)(H,57,71)(H,58,79)(H,59,80)(H,60,72)(H,61,74)(H,62,75)(H,63,76)(H,64,78)(H,65,77)(H4,52,53,56)/t24-,25+,26+,28-,29-,30-,31-,32-,36-,37-/m0/s1. The molecule has 0 saturated heterocycles. The maximum Gasteiger partial charge on any atom is 0.252 e. The number of primary amides is 2. The maximum atomic E-state index is 14.2. The average molecular weight is 1140 g/mol. The number of carbonyl (C=O) groups is 12. The van der Waals surface area contributed by atoms with Crippen LogP contribution in [0, 0.1) is 0 Å². The zero-order valence-corrected chi connectivity index (χ0v) is 45.0. The molecule has 1 heterocycles. The lowest BCUT2D eigenvalue weighted by Gasteiger charge is -2.28. The van der Waals surface area contributed by atoms with E-state index in [0.29, 0.717) is 19.4 Å². The summed E-state index contributed by atoms with van der Waals surface area (Å²) in [6.45, 7) is 1.50. The van der Waals surface area contributed by atoms with Gasteiger partial charge in [0.05, 0.1) is 43.5 Å². The number of carbonyl (C=O) groups excluding carboxylic acids is 12. The number of aromatic nitrogens is 1. The average Bonchev–Trinajstić information content (AvgIpc) is 3.40. The summed E-state index contributed by atoms with van der Waals surface area (Å²) in [5.74, 6) is -11.5. The van der Waals surface area contributed by atoms with Gasteiger partial charge in [0.1, 0.15) is 42.3 Å². The van der Waals surface area contributed by atoms with Gasteiger partial charge < -0.3 is 103 Å². The van der Waals surface area contributed by atoms with Crippen molar-refractivity contribution in [3.05, 3.63) is 30.1 Å². The molecule has 0 radical (unpaired) electrons. The molecule has 12 amide bonds. The summed E-state index contributed by atoms with van der Waals surface area (Å²) in [4.78, 5) is 163. The molecule has 33 heteroatoms. The van der Waals surface area contributed by atoms with Gasteiger partial charge in [0, 0.05) is 31.9 Å². The van der Waals surface area contributed by atoms with Crippen molar-refractivity contribution < 1.29 is 72.9 Å². The third kappa shape index (κ3) is 28.0. The number of aliphatic hydroxyl groups is 3. The van der Waals surface area contributed by atoms with E-state index in [2.05, 4.69) is 63.1 Å². The van der Waals surface area contributed by atoms with Crippen LogP contribution in [0.25, 0.3) is 0 Å². The fourth-order valence-electron chi connectivity index (χ4n) is 7.04. The van der Waals surface area contributed by atoms with Crippen molar-refractivity contribution in [1.29, 1.82) is 0 Å². The van der Waals surface area contributed by atoms with E-state index < -0.39 is 151 Å². The smallest absolute Gasteiger partial charge is 0.252 e. The first-order chi connectivity index (χ1) is 37.7. The Morgan fingerprint density at radius 1 is 0.575 bits per heavy atom. The molecular weight excluding hydrogens is 1060 g/mol. The van der Waals surface area contributed by atoms with Gasteiger partial charge in [-0.3, -0.25) is 67.5 Å². The van der Waals surface area contributed by atoms with Gasteiger partial charge in [-0.2, -0.15) is 0 Å². The minimum atomic E-state index is -1.84. The van der Waals surface area contributed by atoms with Crippen molar-refractivity contribution in [3.8, 4) is 0 Å². The Morgan fingerprint density at radius 2 is 1.11 bits per heavy atom. The first-order valence-corrected chi connectivity index (χ1v) is 25.6. The Balaban J connectivity index is 3.42. The quantitative estimate of drug-likeness (QED) is 0.0165. The number of aliphatic hydroxyl groups excluding tert-OH is 3. The highest BCUT2D eigenvalue weighted by Crippen LogP contribution is 2.09. The third-order valence-corrected chi connectivity index (χ3v) is 11.5. The lowest BCUT2D eigenvalue weighted by Crippen LogP contribution is -2.61. The lowest BCUT2D eigenvalue weighted by molar-refractivity contribution is -0.137. The molecule has 33 nitrogen and oxygen atoms in total. The molecule has 25 N–H and O–H groups in total. The molecule has 0 unspecified atom stereocenters. The highest BCUT2D eigenvalue weighted by atomic mass is 16.3. The van der Waals surface area contributed by atoms with Gasteiger partial charge in [-0.05, 0) is 90.8 Å². The maximum absolute atomic E-state index is 14.2. The molecule has 0 aromatic carbocycles. The second kappa shape index (κ2) is 37.6. The van der Waals surface area contributed by atoms with Crippen LogP contribution >= 0.6 is 0 Å². The number of nitrogens with one attached hydrogen (secondary N) is 10. The minimum Gasteiger partial charge on any atom is -0.394 e. The van der Waals surface area contributed by atoms with Gasteiger partial charge in [-0.15, -0.1) is 0 Å². The van der Waals surface area contributed by atoms with Crippen LogP contribution in [0.2, 0.25) is 0 Å². The minimum absolute atomic E-state index is 0.0372. The number of nitrogens with zero attached hydrogens (tertiary/aromatic N) is 2. The van der Waals surface area contributed by atoms with E-state index in [1.54, 1.807) is 6.07 Å². The number of hydrogen-bond acceptors (Lipinski definition) is 19. The van der Waals surface area contributed by atoms with E-state index in [1.807, 2.05) is 0 Å². The molecule has 0 aliphatic rings. The molecule has 80 heavy (non-hydrogen) atoms. The SMILES string of the molecule is C[C@H](NC(=O)[C@@H](NC(=O)[C@H](CCC(N)=O)NC(=O)[C@@H](N)CCCCN)[C@@H](C)O)C(=O)N[C@@H](CCCN=C(N)N)C(=O)N[C@@H](CCCCNC(=O)c1cccnc1)C(=O)N[C@@H](CO)C(=O)N[C@H](C(=O)NCC(=O)NCC(N)=O)[C@@H](C)O. The first kappa shape index (κ1) is 69.9. The molecule has 0 spiro atoms. The second-order valence-corrected chi connectivity index (χ2v) is 18.4. The fraction of sp³-hybridized carbons (Fsp3) is 0.617. The van der Waals surface area contributed by atoms with Crippen LogP contribution in [0.3, 0.4) is 0 Å². The Bertz CT molecular complexity index is 2270. The number of pyridine rings is 1. The fourth-order valence-corrected chi connectivity index (χ4v) is 7.04. The molecule has 448 valence electrons. The zero-order chi connectivity index (χ0) is 60.5. The van der Waals surface area contributed by atoms with Gasteiger partial charge in [-0.25, -0.2) is 0 Å². The molecular formula is C47H80N18O15. The van der Waals surface area contributed by atoms with Crippen LogP contribution < -0.4 is 87.6 Å². The number of unbranched alkanes of at least 4 members (excludes halogenated alkanes) is 2. The highest BCUT2D eigenvalue weighted by molar-refractivity contribution is 5.98. The second-order valence-electron chi connectivity index (χ2n) is 18.4. The van der Waals surface area contributed by atoms with Crippen molar-refractivity contribution in [2.45, 2.75) is 146 Å². The summed E-state index contributed by atoms with van der Waals surface area (Å²) in [7, 11) is 0. The van der Waals surface area contributed by atoms with Crippen molar-refractivity contribution in [2.75, 3.05) is 39.3 Å². The van der Waals surface area contributed by atoms with E-state index in [9.17, 15) is 72.9 Å². The van der Waals surface area contributed by atoms with Crippen molar-refractivity contribution >= 4 is 76.8 Å². The van der Waals surface area contributed by atoms with Crippen LogP contribution in [0.15, 0.2) is 29.5 Å². The number of nitrogens with two attached hydrogens (primary N) is 6. The Morgan fingerprint density at radius 3 is 1.66 bits per heavy atom. The van der Waals surface area contributed by atoms with Gasteiger partial charge in [0.2, 0.25) is 65.0 Å². The van der Waals surface area contributed by atoms with Crippen LogP contribution in [0.5, 0.6) is 0 Å². The van der Waals surface area contributed by atoms with Crippen LogP contribution in [0.4, 0.5) is 0 Å². The monoisotopic (exact) mass is 1140 g/mol. The zero-order valence-electron chi connectivity index (χ0n) is 45.0. The van der Waals surface area contributed by atoms with Gasteiger partial charge in [0.25, 0.3) is 5.91 Å². The molecule has 0 aliphatic heterocycles. The molecule has 1 rings (SSSR count). The predicted molar refractivity (Wildman–Crippen MR) is 284 cm³/mol. The van der Waals surface area contributed by atoms with Gasteiger partial charge in [0.15, 0.2) is 5.96 Å². The van der Waals surface area contributed by atoms with Crippen LogP contribution in [-0.2, 0) is 52.7 Å². The molecule has 10 atom stereocenters.